The third-order valence-corrected chi connectivity index (χ3v) is 2.18. The van der Waals surface area contributed by atoms with Crippen molar-refractivity contribution < 1.29 is 14.3 Å². The fourth-order valence-corrected chi connectivity index (χ4v) is 1.13. The van der Waals surface area contributed by atoms with Crippen molar-refractivity contribution in [3.63, 3.8) is 0 Å². The smallest absolute Gasteiger partial charge is 0.273 e. The van der Waals surface area contributed by atoms with E-state index in [9.17, 15) is 4.79 Å². The molecule has 6 nitrogen and oxygen atoms in total. The lowest BCUT2D eigenvalue weighted by atomic mass is 10.3. The van der Waals surface area contributed by atoms with Gasteiger partial charge in [0.05, 0.1) is 6.61 Å². The molecule has 0 radical (unpaired) electrons. The molecule has 1 amide bonds. The topological polar surface area (TPSA) is 101 Å². The summed E-state index contributed by atoms with van der Waals surface area (Å²) in [5.41, 5.74) is 5.69. The highest BCUT2D eigenvalue weighted by molar-refractivity contribution is 5.92. The zero-order valence-corrected chi connectivity index (χ0v) is 8.14. The van der Waals surface area contributed by atoms with Crippen LogP contribution in [0, 0.1) is 0 Å². The van der Waals surface area contributed by atoms with Gasteiger partial charge >= 0.3 is 0 Å². The number of oxazole rings is 1. The molecule has 1 atom stereocenters. The first-order valence-corrected chi connectivity index (χ1v) is 4.83. The largest absolute Gasteiger partial charge is 0.446 e. The average Bonchev–Trinajstić information content (AvgIpc) is 2.91. The fourth-order valence-electron chi connectivity index (χ4n) is 1.13. The van der Waals surface area contributed by atoms with E-state index in [4.69, 9.17) is 15.3 Å². The number of nitrogens with zero attached hydrogens (tertiary/aromatic N) is 1. The number of hydrogen-bond donors (Lipinski definition) is 3. The van der Waals surface area contributed by atoms with Gasteiger partial charge in [0.2, 0.25) is 5.89 Å². The Hall–Kier alpha value is -1.40. The van der Waals surface area contributed by atoms with Crippen LogP contribution in [0.1, 0.15) is 35.3 Å². The van der Waals surface area contributed by atoms with Crippen LogP contribution in [0.15, 0.2) is 10.7 Å². The molecule has 82 valence electrons. The highest BCUT2D eigenvalue weighted by Crippen LogP contribution is 2.19. The van der Waals surface area contributed by atoms with E-state index in [1.165, 1.54) is 6.26 Å². The van der Waals surface area contributed by atoms with E-state index in [-0.39, 0.29) is 30.1 Å². The molecular weight excluding hydrogens is 198 g/mol. The molecule has 1 fully saturated rings. The van der Waals surface area contributed by atoms with Gasteiger partial charge in [-0.3, -0.25) is 4.79 Å². The zero-order valence-electron chi connectivity index (χ0n) is 8.14. The Labute approximate surface area is 86.5 Å². The van der Waals surface area contributed by atoms with Crippen molar-refractivity contribution in [2.75, 3.05) is 6.61 Å². The molecular formula is C9H13N3O3. The van der Waals surface area contributed by atoms with Crippen LogP contribution in [0.25, 0.3) is 0 Å². The minimum absolute atomic E-state index is 0.179. The molecule has 1 unspecified atom stereocenters. The number of aliphatic hydroxyl groups is 1. The summed E-state index contributed by atoms with van der Waals surface area (Å²) in [6.45, 7) is -0.260. The van der Waals surface area contributed by atoms with Gasteiger partial charge < -0.3 is 20.6 Å². The monoisotopic (exact) mass is 211 g/mol. The van der Waals surface area contributed by atoms with Gasteiger partial charge in [0.15, 0.2) is 5.69 Å². The van der Waals surface area contributed by atoms with Crippen LogP contribution in [0.2, 0.25) is 0 Å². The van der Waals surface area contributed by atoms with Gasteiger partial charge in [-0.05, 0) is 12.8 Å². The molecule has 2 rings (SSSR count). The Kier molecular flexibility index (Phi) is 2.70. The number of nitrogens with one attached hydrogen (secondary N) is 1. The number of aromatic nitrogens is 1. The van der Waals surface area contributed by atoms with Crippen LogP contribution in [-0.2, 0) is 0 Å². The van der Waals surface area contributed by atoms with Crippen LogP contribution < -0.4 is 11.1 Å². The molecule has 1 saturated carbocycles. The first-order valence-electron chi connectivity index (χ1n) is 4.83. The highest BCUT2D eigenvalue weighted by Gasteiger charge is 2.25. The molecule has 0 spiro atoms. The van der Waals surface area contributed by atoms with Gasteiger partial charge in [-0.2, -0.15) is 0 Å². The van der Waals surface area contributed by atoms with Crippen LogP contribution >= 0.6 is 0 Å². The second-order valence-electron chi connectivity index (χ2n) is 3.61. The molecule has 1 aliphatic carbocycles. The number of rotatable bonds is 4. The molecule has 1 aromatic heterocycles. The van der Waals surface area contributed by atoms with Gasteiger partial charge in [-0.1, -0.05) is 0 Å². The molecule has 0 aliphatic heterocycles. The Morgan fingerprint density at radius 1 is 1.80 bits per heavy atom. The summed E-state index contributed by atoms with van der Waals surface area (Å²) in [6.07, 6.45) is 3.29. The van der Waals surface area contributed by atoms with E-state index < -0.39 is 6.04 Å². The van der Waals surface area contributed by atoms with Crippen LogP contribution in [-0.4, -0.2) is 28.6 Å². The van der Waals surface area contributed by atoms with Gasteiger partial charge in [0, 0.05) is 6.04 Å². The summed E-state index contributed by atoms with van der Waals surface area (Å²) in [5, 5.41) is 11.5. The molecule has 4 N–H and O–H groups in total. The van der Waals surface area contributed by atoms with Crippen molar-refractivity contribution in [1.29, 1.82) is 0 Å². The summed E-state index contributed by atoms with van der Waals surface area (Å²) in [6, 6.07) is -0.392. The minimum atomic E-state index is -0.674. The minimum Gasteiger partial charge on any atom is -0.446 e. The number of carbonyl (C=O) groups is 1. The first kappa shape index (κ1) is 10.1. The van der Waals surface area contributed by atoms with E-state index in [0.717, 1.165) is 12.8 Å². The summed E-state index contributed by atoms with van der Waals surface area (Å²) in [7, 11) is 0. The third-order valence-electron chi connectivity index (χ3n) is 2.18. The third kappa shape index (κ3) is 2.34. The van der Waals surface area contributed by atoms with E-state index in [1.54, 1.807) is 0 Å². The summed E-state index contributed by atoms with van der Waals surface area (Å²) < 4.78 is 4.98. The standard InChI is InChI=1S/C9H13N3O3/c10-6(3-13)9-12-7(4-15-9)8(14)11-5-1-2-5/h4-6,13H,1-3,10H2,(H,11,14). The number of amides is 1. The maximum Gasteiger partial charge on any atom is 0.273 e. The second-order valence-corrected chi connectivity index (χ2v) is 3.61. The lowest BCUT2D eigenvalue weighted by Gasteiger charge is -2.00. The van der Waals surface area contributed by atoms with Crippen molar-refractivity contribution >= 4 is 5.91 Å². The van der Waals surface area contributed by atoms with Crippen molar-refractivity contribution in [1.82, 2.24) is 10.3 Å². The Morgan fingerprint density at radius 3 is 3.13 bits per heavy atom. The lowest BCUT2D eigenvalue weighted by molar-refractivity contribution is 0.0946. The van der Waals surface area contributed by atoms with E-state index in [2.05, 4.69) is 10.3 Å². The number of aliphatic hydroxyl groups excluding tert-OH is 1. The molecule has 6 heteroatoms. The van der Waals surface area contributed by atoms with Crippen molar-refractivity contribution in [3.8, 4) is 0 Å². The molecule has 1 heterocycles. The highest BCUT2D eigenvalue weighted by atomic mass is 16.3. The molecule has 0 aromatic carbocycles. The Balaban J connectivity index is 2.01. The maximum absolute atomic E-state index is 11.5. The van der Waals surface area contributed by atoms with Gasteiger partial charge in [0.1, 0.15) is 12.3 Å². The summed E-state index contributed by atoms with van der Waals surface area (Å²) >= 11 is 0. The number of nitrogens with two attached hydrogens (primary N) is 1. The van der Waals surface area contributed by atoms with Crippen molar-refractivity contribution in [2.45, 2.75) is 24.9 Å². The zero-order chi connectivity index (χ0) is 10.8. The maximum atomic E-state index is 11.5. The molecule has 1 aliphatic rings. The predicted molar refractivity (Wildman–Crippen MR) is 51.0 cm³/mol. The van der Waals surface area contributed by atoms with E-state index >= 15 is 0 Å². The van der Waals surface area contributed by atoms with Crippen LogP contribution in [0.3, 0.4) is 0 Å². The molecule has 0 saturated heterocycles. The lowest BCUT2D eigenvalue weighted by Crippen LogP contribution is -2.25. The van der Waals surface area contributed by atoms with Gasteiger partial charge in [0.25, 0.3) is 5.91 Å². The van der Waals surface area contributed by atoms with Crippen LogP contribution in [0.5, 0.6) is 0 Å². The van der Waals surface area contributed by atoms with Crippen molar-refractivity contribution in [2.24, 2.45) is 5.73 Å². The SMILES string of the molecule is NC(CO)c1nc(C(=O)NC2CC2)co1. The number of hydrogen-bond acceptors (Lipinski definition) is 5. The fraction of sp³-hybridized carbons (Fsp3) is 0.556. The normalized spacial score (nSPS) is 17.5. The van der Waals surface area contributed by atoms with E-state index in [0.29, 0.717) is 0 Å². The Bertz CT molecular complexity index is 359. The summed E-state index contributed by atoms with van der Waals surface area (Å²) in [4.78, 5) is 15.4. The second kappa shape index (κ2) is 4.00. The van der Waals surface area contributed by atoms with E-state index in [1.807, 2.05) is 0 Å². The molecule has 1 aromatic rings. The molecule has 0 bridgehead atoms. The average molecular weight is 211 g/mol. The Morgan fingerprint density at radius 2 is 2.53 bits per heavy atom. The van der Waals surface area contributed by atoms with Gasteiger partial charge in [-0.25, -0.2) is 4.98 Å². The van der Waals surface area contributed by atoms with Crippen LogP contribution in [0.4, 0.5) is 0 Å². The van der Waals surface area contributed by atoms with Crippen molar-refractivity contribution in [3.05, 3.63) is 17.8 Å². The van der Waals surface area contributed by atoms with Gasteiger partial charge in [-0.15, -0.1) is 0 Å². The first-order chi connectivity index (χ1) is 7.20. The molecule has 15 heavy (non-hydrogen) atoms. The predicted octanol–water partition coefficient (Wildman–Crippen LogP) is -0.441. The number of carbonyl (C=O) groups excluding carboxylic acids is 1. The summed E-state index contributed by atoms with van der Waals surface area (Å²) in [5.74, 6) is -0.0731. The quantitative estimate of drug-likeness (QED) is 0.626.